The van der Waals surface area contributed by atoms with Crippen LogP contribution in [0.5, 0.6) is 0 Å². The molecule has 0 amide bonds. The zero-order valence-corrected chi connectivity index (χ0v) is 9.94. The Bertz CT molecular complexity index is 183. The molecule has 0 aliphatic rings. The van der Waals surface area contributed by atoms with Gasteiger partial charge in [0.2, 0.25) is 0 Å². The maximum absolute atomic E-state index is 5.58. The standard InChI is InChI=1S/C6H4Cl2.2ClH.Ru/c7-5-3-1-2-4-6(5)8;;;/h1-4H;2*1H;/q;;;+2/p-2. The van der Waals surface area contributed by atoms with Crippen LogP contribution in [-0.4, -0.2) is 0 Å². The van der Waals surface area contributed by atoms with Gasteiger partial charge in [-0.2, -0.15) is 0 Å². The van der Waals surface area contributed by atoms with E-state index in [0.717, 1.165) is 0 Å². The van der Waals surface area contributed by atoms with Gasteiger partial charge in [-0.05, 0) is 12.1 Å². The fraction of sp³-hybridized carbons (Fsp3) is 0. The first-order valence-corrected chi connectivity index (χ1v) is 7.70. The molecule has 64 valence electrons. The van der Waals surface area contributed by atoms with Crippen molar-refractivity contribution in [1.82, 2.24) is 0 Å². The van der Waals surface area contributed by atoms with Crippen molar-refractivity contribution in [3.63, 3.8) is 0 Å². The second kappa shape index (κ2) is 7.64. The van der Waals surface area contributed by atoms with E-state index in [2.05, 4.69) is 0 Å². The molecule has 0 bridgehead atoms. The van der Waals surface area contributed by atoms with E-state index >= 15 is 0 Å². The average molecular weight is 319 g/mol. The summed E-state index contributed by atoms with van der Waals surface area (Å²) in [5.74, 6) is 0. The maximum atomic E-state index is 5.58. The van der Waals surface area contributed by atoms with Crippen LogP contribution in [0, 0.1) is 0 Å². The Morgan fingerprint density at radius 1 is 0.909 bits per heavy atom. The van der Waals surface area contributed by atoms with Crippen molar-refractivity contribution in [3.8, 4) is 0 Å². The zero-order valence-electron chi connectivity index (χ0n) is 5.17. The van der Waals surface area contributed by atoms with Crippen LogP contribution in [0.1, 0.15) is 0 Å². The molecule has 0 atom stereocenters. The second-order valence-corrected chi connectivity index (χ2v) is 4.92. The van der Waals surface area contributed by atoms with Crippen molar-refractivity contribution in [1.29, 1.82) is 0 Å². The van der Waals surface area contributed by atoms with E-state index in [1.807, 2.05) is 12.1 Å². The Labute approximate surface area is 91.5 Å². The first kappa shape index (κ1) is 12.0. The minimum absolute atomic E-state index is 0.346. The van der Waals surface area contributed by atoms with E-state index in [9.17, 15) is 0 Å². The number of halogens is 4. The van der Waals surface area contributed by atoms with E-state index in [4.69, 9.17) is 42.6 Å². The molecule has 0 spiro atoms. The molecular weight excluding hydrogens is 315 g/mol. The van der Waals surface area contributed by atoms with Gasteiger partial charge < -0.3 is 0 Å². The summed E-state index contributed by atoms with van der Waals surface area (Å²) < 4.78 is 0. The molecule has 5 heteroatoms. The van der Waals surface area contributed by atoms with Gasteiger partial charge in [0.05, 0.1) is 10.0 Å². The topological polar surface area (TPSA) is 0 Å². The van der Waals surface area contributed by atoms with Gasteiger partial charge in [0.25, 0.3) is 0 Å². The predicted molar refractivity (Wildman–Crippen MR) is 48.2 cm³/mol. The van der Waals surface area contributed by atoms with Gasteiger partial charge in [0.1, 0.15) is 0 Å². The summed E-state index contributed by atoms with van der Waals surface area (Å²) >= 11 is 10.8. The van der Waals surface area contributed by atoms with Crippen LogP contribution in [0.3, 0.4) is 0 Å². The molecule has 0 nitrogen and oxygen atoms in total. The molecule has 0 aliphatic carbocycles. The normalized spacial score (nSPS) is 8.73. The fourth-order valence-electron chi connectivity index (χ4n) is 0.439. The van der Waals surface area contributed by atoms with Gasteiger partial charge in [-0.3, -0.25) is 0 Å². The van der Waals surface area contributed by atoms with Gasteiger partial charge in [0, 0.05) is 0 Å². The van der Waals surface area contributed by atoms with Crippen LogP contribution in [0.25, 0.3) is 0 Å². The molecule has 0 aromatic heterocycles. The molecule has 0 fully saturated rings. The Morgan fingerprint density at radius 3 is 1.36 bits per heavy atom. The molecule has 0 saturated carbocycles. The number of hydrogen-bond acceptors (Lipinski definition) is 0. The zero-order chi connectivity index (χ0) is 8.69. The molecule has 0 heterocycles. The van der Waals surface area contributed by atoms with E-state index in [1.165, 1.54) is 0 Å². The molecule has 1 aromatic rings. The molecule has 0 saturated heterocycles. The number of rotatable bonds is 0. The van der Waals surface area contributed by atoms with Crippen LogP contribution in [-0.2, 0) is 15.1 Å². The van der Waals surface area contributed by atoms with Crippen LogP contribution in [0.2, 0.25) is 10.0 Å². The molecule has 1 aromatic carbocycles. The second-order valence-electron chi connectivity index (χ2n) is 1.46. The van der Waals surface area contributed by atoms with Crippen LogP contribution in [0.15, 0.2) is 24.3 Å². The minimum atomic E-state index is -0.346. The Morgan fingerprint density at radius 2 is 1.18 bits per heavy atom. The van der Waals surface area contributed by atoms with E-state index < -0.39 is 0 Å². The van der Waals surface area contributed by atoms with Gasteiger partial charge in [-0.15, -0.1) is 0 Å². The number of benzene rings is 1. The molecule has 0 radical (unpaired) electrons. The predicted octanol–water partition coefficient (Wildman–Crippen LogP) is 4.37. The van der Waals surface area contributed by atoms with Crippen LogP contribution >= 0.6 is 42.6 Å². The van der Waals surface area contributed by atoms with Crippen LogP contribution in [0.4, 0.5) is 0 Å². The summed E-state index contributed by atoms with van der Waals surface area (Å²) in [5.41, 5.74) is 0. The van der Waals surface area contributed by atoms with Crippen molar-refractivity contribution in [2.45, 2.75) is 0 Å². The monoisotopic (exact) mass is 318 g/mol. The van der Waals surface area contributed by atoms with E-state index in [0.29, 0.717) is 10.0 Å². The molecule has 0 unspecified atom stereocenters. The third-order valence-corrected chi connectivity index (χ3v) is 1.58. The van der Waals surface area contributed by atoms with Gasteiger partial charge in [-0.25, -0.2) is 0 Å². The van der Waals surface area contributed by atoms with E-state index in [-0.39, 0.29) is 15.1 Å². The summed E-state index contributed by atoms with van der Waals surface area (Å²) in [4.78, 5) is 0. The Balaban J connectivity index is 0.000000292. The molecule has 0 N–H and O–H groups in total. The fourth-order valence-corrected chi connectivity index (χ4v) is 0.711. The van der Waals surface area contributed by atoms with Crippen molar-refractivity contribution < 1.29 is 15.1 Å². The summed E-state index contributed by atoms with van der Waals surface area (Å²) in [6.45, 7) is 0. The van der Waals surface area contributed by atoms with Gasteiger partial charge >= 0.3 is 34.5 Å². The van der Waals surface area contributed by atoms with Crippen molar-refractivity contribution in [2.75, 3.05) is 0 Å². The number of hydrogen-bond donors (Lipinski definition) is 0. The third-order valence-electron chi connectivity index (χ3n) is 0.824. The quantitative estimate of drug-likeness (QED) is 0.623. The summed E-state index contributed by atoms with van der Waals surface area (Å²) in [5, 5.41) is 1.21. The SMILES string of the molecule is Clc1ccccc1Cl.[Cl][Ru][Cl]. The summed E-state index contributed by atoms with van der Waals surface area (Å²) in [7, 11) is 9.71. The first-order valence-electron chi connectivity index (χ1n) is 2.47. The van der Waals surface area contributed by atoms with Crippen LogP contribution < -0.4 is 0 Å². The van der Waals surface area contributed by atoms with Gasteiger partial charge in [-0.1, -0.05) is 35.3 Å². The third kappa shape index (κ3) is 6.19. The van der Waals surface area contributed by atoms with Crippen molar-refractivity contribution >= 4 is 42.6 Å². The molecular formula is C6H4Cl4Ru. The van der Waals surface area contributed by atoms with Crippen molar-refractivity contribution in [3.05, 3.63) is 34.3 Å². The first-order chi connectivity index (χ1) is 5.22. The van der Waals surface area contributed by atoms with Gasteiger partial charge in [0.15, 0.2) is 0 Å². The summed E-state index contributed by atoms with van der Waals surface area (Å²) in [6, 6.07) is 7.19. The Hall–Kier alpha value is 1.00. The molecule has 11 heavy (non-hydrogen) atoms. The molecule has 0 aliphatic heterocycles. The van der Waals surface area contributed by atoms with Crippen molar-refractivity contribution in [2.24, 2.45) is 0 Å². The Kier molecular flexibility index (Phi) is 8.34. The summed E-state index contributed by atoms with van der Waals surface area (Å²) in [6.07, 6.45) is 0. The molecule has 1 rings (SSSR count). The average Bonchev–Trinajstić information content (AvgIpc) is 1.97. The van der Waals surface area contributed by atoms with E-state index in [1.54, 1.807) is 12.1 Å².